The van der Waals surface area contributed by atoms with Crippen LogP contribution < -0.4 is 0 Å². The fraction of sp³-hybridized carbons (Fsp3) is 0.929. The molecule has 0 spiro atoms. The molecule has 0 aliphatic carbocycles. The summed E-state index contributed by atoms with van der Waals surface area (Å²) in [7, 11) is 4.06. The van der Waals surface area contributed by atoms with Gasteiger partial charge in [0.15, 0.2) is 0 Å². The Morgan fingerprint density at radius 1 is 0.333 bits per heavy atom. The molecule has 0 rings (SSSR count). The first-order chi connectivity index (χ1) is 32.2. The van der Waals surface area contributed by atoms with Gasteiger partial charge >= 0.3 is 23.9 Å². The van der Waals surface area contributed by atoms with E-state index < -0.39 is 0 Å². The van der Waals surface area contributed by atoms with Crippen LogP contribution in [0.5, 0.6) is 0 Å². The van der Waals surface area contributed by atoms with Gasteiger partial charge in [-0.2, -0.15) is 0 Å². The van der Waals surface area contributed by atoms with Crippen LogP contribution in [0.3, 0.4) is 0 Å². The van der Waals surface area contributed by atoms with E-state index in [2.05, 4.69) is 37.5 Å². The Bertz CT molecular complexity index is 1090. The maximum Gasteiger partial charge on any atom is 0.309 e. The van der Waals surface area contributed by atoms with Crippen molar-refractivity contribution in [3.63, 3.8) is 0 Å². The summed E-state index contributed by atoms with van der Waals surface area (Å²) in [5.74, 6) is -1.17. The van der Waals surface area contributed by atoms with E-state index >= 15 is 0 Å². The Morgan fingerprint density at radius 2 is 0.606 bits per heavy atom. The molecule has 10 nitrogen and oxygen atoms in total. The number of esters is 4. The van der Waals surface area contributed by atoms with Gasteiger partial charge in [-0.3, -0.25) is 19.2 Å². The van der Waals surface area contributed by atoms with E-state index in [4.69, 9.17) is 18.9 Å². The first-order valence-corrected chi connectivity index (χ1v) is 28.2. The van der Waals surface area contributed by atoms with Crippen molar-refractivity contribution in [2.45, 2.75) is 259 Å². The maximum atomic E-state index is 13.2. The van der Waals surface area contributed by atoms with Gasteiger partial charge in [0.1, 0.15) is 26.4 Å². The second-order valence-electron chi connectivity index (χ2n) is 19.7. The minimum atomic E-state index is -0.344. The van der Waals surface area contributed by atoms with Gasteiger partial charge in [0.2, 0.25) is 0 Å². The molecule has 0 aliphatic rings. The molecule has 0 aromatic carbocycles. The summed E-state index contributed by atoms with van der Waals surface area (Å²) in [5, 5.41) is 0. The lowest BCUT2D eigenvalue weighted by Crippen LogP contribution is -2.32. The zero-order valence-electron chi connectivity index (χ0n) is 44.4. The second kappa shape index (κ2) is 49.2. The highest BCUT2D eigenvalue weighted by Gasteiger charge is 2.21. The average molecular weight is 937 g/mol. The Morgan fingerprint density at radius 3 is 0.894 bits per heavy atom. The van der Waals surface area contributed by atoms with Crippen LogP contribution in [0.2, 0.25) is 0 Å². The third-order valence-electron chi connectivity index (χ3n) is 13.1. The number of unbranched alkanes of at least 4 members (excludes halogenated alkanes) is 25. The summed E-state index contributed by atoms with van der Waals surface area (Å²) < 4.78 is 22.3. The van der Waals surface area contributed by atoms with Crippen molar-refractivity contribution in [3.8, 4) is 0 Å². The average Bonchev–Trinajstić information content (AvgIpc) is 3.30. The Balaban J connectivity index is 4.81. The molecular formula is C56H108N2O8. The number of nitrogens with zero attached hydrogens (tertiary/aromatic N) is 2. The van der Waals surface area contributed by atoms with Crippen LogP contribution >= 0.6 is 0 Å². The molecule has 0 aromatic rings. The molecule has 0 fully saturated rings. The number of carbonyl (C=O) groups is 4. The smallest absolute Gasteiger partial charge is 0.309 e. The molecule has 1 atom stereocenters. The highest BCUT2D eigenvalue weighted by Crippen LogP contribution is 2.23. The predicted octanol–water partition coefficient (Wildman–Crippen LogP) is 14.4. The van der Waals surface area contributed by atoms with E-state index in [0.717, 1.165) is 96.6 Å². The van der Waals surface area contributed by atoms with Crippen molar-refractivity contribution in [1.82, 2.24) is 9.80 Å². The first kappa shape index (κ1) is 63.8. The topological polar surface area (TPSA) is 112 Å². The standard InChI is InChI=1S/C56H108N2O8/c1-7-11-15-19-23-27-31-35-40-52(39-34-30-26-22-18-14-10-4)56(62)66-50-48-64-54(60)42-46-58(44-36-43-57(5)6)45-41-53(59)63-47-49-65-55(61)51(37-32-28-24-20-16-12-8-2)38-33-29-25-21-17-13-9-3/h51-52H,7-50H2,1-6H3. The van der Waals surface area contributed by atoms with Crippen molar-refractivity contribution in [3.05, 3.63) is 0 Å². The van der Waals surface area contributed by atoms with E-state index in [1.807, 2.05) is 14.1 Å². The molecular weight excluding hydrogens is 829 g/mol. The van der Waals surface area contributed by atoms with Gasteiger partial charge in [-0.25, -0.2) is 0 Å². The molecule has 1 unspecified atom stereocenters. The van der Waals surface area contributed by atoms with Gasteiger partial charge < -0.3 is 28.7 Å². The van der Waals surface area contributed by atoms with Crippen LogP contribution in [0.25, 0.3) is 0 Å². The van der Waals surface area contributed by atoms with Crippen molar-refractivity contribution in [2.75, 3.05) is 66.7 Å². The van der Waals surface area contributed by atoms with Crippen molar-refractivity contribution in [1.29, 1.82) is 0 Å². The van der Waals surface area contributed by atoms with Gasteiger partial charge in [-0.1, -0.05) is 214 Å². The van der Waals surface area contributed by atoms with E-state index in [9.17, 15) is 19.2 Å². The van der Waals surface area contributed by atoms with Crippen molar-refractivity contribution < 1.29 is 38.1 Å². The van der Waals surface area contributed by atoms with Crippen LogP contribution in [-0.2, 0) is 38.1 Å². The third-order valence-corrected chi connectivity index (χ3v) is 13.1. The molecule has 0 heterocycles. The largest absolute Gasteiger partial charge is 0.462 e. The number of hydrogen-bond donors (Lipinski definition) is 0. The molecule has 0 saturated heterocycles. The highest BCUT2D eigenvalue weighted by molar-refractivity contribution is 5.73. The summed E-state index contributed by atoms with van der Waals surface area (Å²) in [4.78, 5) is 56.1. The minimum Gasteiger partial charge on any atom is -0.462 e. The van der Waals surface area contributed by atoms with Gasteiger partial charge in [0.05, 0.1) is 24.7 Å². The maximum absolute atomic E-state index is 13.2. The summed E-state index contributed by atoms with van der Waals surface area (Å²) >= 11 is 0. The van der Waals surface area contributed by atoms with Crippen molar-refractivity contribution in [2.24, 2.45) is 11.8 Å². The number of rotatable bonds is 51. The summed E-state index contributed by atoms with van der Waals surface area (Å²) in [6.45, 7) is 11.7. The van der Waals surface area contributed by atoms with Gasteiger partial charge in [-0.05, 0) is 59.3 Å². The van der Waals surface area contributed by atoms with E-state index in [-0.39, 0.29) is 75.0 Å². The number of ether oxygens (including phenoxy) is 4. The summed E-state index contributed by atoms with van der Waals surface area (Å²) in [6, 6.07) is 0. The molecule has 66 heavy (non-hydrogen) atoms. The molecule has 0 radical (unpaired) electrons. The first-order valence-electron chi connectivity index (χ1n) is 28.2. The molecule has 0 aromatic heterocycles. The van der Waals surface area contributed by atoms with Crippen LogP contribution in [0.1, 0.15) is 259 Å². The van der Waals surface area contributed by atoms with Gasteiger partial charge in [-0.15, -0.1) is 0 Å². The molecule has 0 amide bonds. The monoisotopic (exact) mass is 937 g/mol. The van der Waals surface area contributed by atoms with Gasteiger partial charge in [0, 0.05) is 13.1 Å². The van der Waals surface area contributed by atoms with Crippen LogP contribution in [0.4, 0.5) is 0 Å². The molecule has 0 aliphatic heterocycles. The lowest BCUT2D eigenvalue weighted by atomic mass is 9.94. The van der Waals surface area contributed by atoms with E-state index in [0.29, 0.717) is 13.1 Å². The fourth-order valence-electron chi connectivity index (χ4n) is 8.75. The Hall–Kier alpha value is -2.20. The zero-order chi connectivity index (χ0) is 48.6. The van der Waals surface area contributed by atoms with E-state index in [1.165, 1.54) is 135 Å². The van der Waals surface area contributed by atoms with Crippen LogP contribution in [0.15, 0.2) is 0 Å². The van der Waals surface area contributed by atoms with Crippen LogP contribution in [0, 0.1) is 11.8 Å². The molecule has 0 bridgehead atoms. The lowest BCUT2D eigenvalue weighted by Gasteiger charge is -2.22. The summed E-state index contributed by atoms with van der Waals surface area (Å²) in [6.07, 6.45) is 40.3. The quantitative estimate of drug-likeness (QED) is 0.0332. The SMILES string of the molecule is CCCCCCCCCCC(CCCCCCCCC)C(=O)OCCOC(=O)CCN(CCCN(C)C)CCC(=O)OCCOC(=O)C(CCCCCCCCC)CCCCCCCCC. The second-order valence-corrected chi connectivity index (χ2v) is 19.7. The zero-order valence-corrected chi connectivity index (χ0v) is 44.4. The Kier molecular flexibility index (Phi) is 47.6. The number of carbonyl (C=O) groups excluding carboxylic acids is 4. The van der Waals surface area contributed by atoms with Crippen LogP contribution in [-0.4, -0.2) is 100 Å². The van der Waals surface area contributed by atoms with Crippen molar-refractivity contribution >= 4 is 23.9 Å². The molecule has 10 heteroatoms. The molecule has 390 valence electrons. The lowest BCUT2D eigenvalue weighted by molar-refractivity contribution is -0.156. The Labute approximate surface area is 407 Å². The molecule has 0 saturated carbocycles. The normalized spacial score (nSPS) is 12.0. The minimum absolute atomic E-state index is 0.0444. The predicted molar refractivity (Wildman–Crippen MR) is 275 cm³/mol. The highest BCUT2D eigenvalue weighted by atomic mass is 16.6. The molecule has 0 N–H and O–H groups in total. The number of hydrogen-bond acceptors (Lipinski definition) is 10. The fourth-order valence-corrected chi connectivity index (χ4v) is 8.75. The summed E-state index contributed by atoms with van der Waals surface area (Å²) in [5.41, 5.74) is 0. The van der Waals surface area contributed by atoms with E-state index in [1.54, 1.807) is 0 Å². The third kappa shape index (κ3) is 43.1. The van der Waals surface area contributed by atoms with Gasteiger partial charge in [0.25, 0.3) is 0 Å².